The molecule has 0 spiro atoms. The van der Waals surface area contributed by atoms with E-state index in [0.717, 1.165) is 13.0 Å². The van der Waals surface area contributed by atoms with Crippen LogP contribution in [0.2, 0.25) is 0 Å². The molecule has 0 aliphatic heterocycles. The highest BCUT2D eigenvalue weighted by atomic mass is 79.9. The second-order valence-corrected chi connectivity index (χ2v) is 4.78. The molecule has 6 heteroatoms. The number of carbonyl (C=O) groups excluding carboxylic acids is 1. The molecule has 0 unspecified atom stereocenters. The van der Waals surface area contributed by atoms with Crippen LogP contribution in [0.15, 0.2) is 22.7 Å². The lowest BCUT2D eigenvalue weighted by Gasteiger charge is -2.10. The summed E-state index contributed by atoms with van der Waals surface area (Å²) in [6.45, 7) is 1.21. The van der Waals surface area contributed by atoms with Crippen LogP contribution >= 0.6 is 28.3 Å². The Bertz CT molecular complexity index is 399. The maximum atomic E-state index is 11.6. The molecular formula is C12H17BrClNO3. The molecule has 102 valence electrons. The van der Waals surface area contributed by atoms with Crippen molar-refractivity contribution in [3.8, 4) is 5.75 Å². The van der Waals surface area contributed by atoms with Crippen LogP contribution in [0.5, 0.6) is 5.75 Å². The number of halogens is 2. The van der Waals surface area contributed by atoms with Crippen molar-refractivity contribution in [1.82, 2.24) is 4.90 Å². The van der Waals surface area contributed by atoms with Gasteiger partial charge in [0.05, 0.1) is 11.1 Å². The molecule has 0 fully saturated rings. The smallest absolute Gasteiger partial charge is 0.341 e. The average molecular weight is 339 g/mol. The normalized spacial score (nSPS) is 10.0. The zero-order valence-electron chi connectivity index (χ0n) is 10.4. The number of nitrogens with zero attached hydrogens (tertiary/aromatic N) is 1. The Balaban J connectivity index is 0.00000289. The highest BCUT2D eigenvalue weighted by Crippen LogP contribution is 2.27. The lowest BCUT2D eigenvalue weighted by molar-refractivity contribution is 0.0490. The molecule has 18 heavy (non-hydrogen) atoms. The van der Waals surface area contributed by atoms with Crippen molar-refractivity contribution in [2.45, 2.75) is 6.42 Å². The maximum Gasteiger partial charge on any atom is 0.341 e. The molecule has 0 aliphatic rings. The minimum atomic E-state index is -0.498. The summed E-state index contributed by atoms with van der Waals surface area (Å²) < 4.78 is 5.55. The minimum absolute atomic E-state index is 0. The zero-order valence-corrected chi connectivity index (χ0v) is 12.8. The van der Waals surface area contributed by atoms with Gasteiger partial charge in [-0.05, 0) is 48.6 Å². The van der Waals surface area contributed by atoms with Gasteiger partial charge in [-0.1, -0.05) is 6.07 Å². The van der Waals surface area contributed by atoms with Crippen molar-refractivity contribution < 1.29 is 14.6 Å². The number of esters is 1. The summed E-state index contributed by atoms with van der Waals surface area (Å²) in [6.07, 6.45) is 0.771. The average Bonchev–Trinajstić information content (AvgIpc) is 2.27. The molecule has 1 aromatic rings. The van der Waals surface area contributed by atoms with Crippen LogP contribution in [0.4, 0.5) is 0 Å². The van der Waals surface area contributed by atoms with Gasteiger partial charge in [0.2, 0.25) is 0 Å². The van der Waals surface area contributed by atoms with Gasteiger partial charge >= 0.3 is 5.97 Å². The van der Waals surface area contributed by atoms with E-state index in [9.17, 15) is 9.90 Å². The molecule has 0 bridgehead atoms. The first-order chi connectivity index (χ1) is 8.02. The SMILES string of the molecule is CN(C)CCCOC(=O)c1cccc(Br)c1O.Cl. The third kappa shape index (κ3) is 5.25. The number of ether oxygens (including phenoxy) is 1. The topological polar surface area (TPSA) is 49.8 Å². The molecule has 1 N–H and O–H groups in total. The number of phenolic OH excluding ortho intramolecular Hbond substituents is 1. The van der Waals surface area contributed by atoms with Gasteiger partial charge in [-0.15, -0.1) is 12.4 Å². The highest BCUT2D eigenvalue weighted by molar-refractivity contribution is 9.10. The van der Waals surface area contributed by atoms with Gasteiger partial charge in [-0.25, -0.2) is 4.79 Å². The van der Waals surface area contributed by atoms with Crippen molar-refractivity contribution >= 4 is 34.3 Å². The molecule has 0 heterocycles. The Kier molecular flexibility index (Phi) is 7.98. The quantitative estimate of drug-likeness (QED) is 0.662. The number of benzene rings is 1. The number of rotatable bonds is 5. The van der Waals surface area contributed by atoms with E-state index in [1.54, 1.807) is 12.1 Å². The number of aromatic hydroxyl groups is 1. The molecule has 4 nitrogen and oxygen atoms in total. The fourth-order valence-corrected chi connectivity index (χ4v) is 1.67. The molecule has 0 saturated carbocycles. The van der Waals surface area contributed by atoms with Gasteiger partial charge in [0, 0.05) is 6.54 Å². The summed E-state index contributed by atoms with van der Waals surface area (Å²) in [7, 11) is 3.92. The van der Waals surface area contributed by atoms with Crippen molar-refractivity contribution in [3.63, 3.8) is 0 Å². The Hall–Kier alpha value is -0.780. The van der Waals surface area contributed by atoms with Gasteiger partial charge in [-0.2, -0.15) is 0 Å². The first-order valence-electron chi connectivity index (χ1n) is 5.31. The second kappa shape index (κ2) is 8.34. The van der Waals surface area contributed by atoms with E-state index < -0.39 is 5.97 Å². The van der Waals surface area contributed by atoms with E-state index in [0.29, 0.717) is 11.1 Å². The molecule has 0 radical (unpaired) electrons. The van der Waals surface area contributed by atoms with Gasteiger partial charge in [0.1, 0.15) is 11.3 Å². The third-order valence-corrected chi connectivity index (χ3v) is 2.83. The van der Waals surface area contributed by atoms with Gasteiger partial charge in [-0.3, -0.25) is 0 Å². The van der Waals surface area contributed by atoms with Crippen LogP contribution in [-0.4, -0.2) is 43.2 Å². The lowest BCUT2D eigenvalue weighted by Crippen LogP contribution is -2.16. The monoisotopic (exact) mass is 337 g/mol. The van der Waals surface area contributed by atoms with Crippen LogP contribution in [0.3, 0.4) is 0 Å². The van der Waals surface area contributed by atoms with Crippen molar-refractivity contribution in [3.05, 3.63) is 28.2 Å². The Labute approximate surface area is 121 Å². The lowest BCUT2D eigenvalue weighted by atomic mass is 10.2. The van der Waals surface area contributed by atoms with E-state index in [1.807, 2.05) is 19.0 Å². The fourth-order valence-electron chi connectivity index (χ4n) is 1.30. The molecule has 0 aromatic heterocycles. The Morgan fingerprint density at radius 2 is 2.11 bits per heavy atom. The number of para-hydroxylation sites is 1. The second-order valence-electron chi connectivity index (χ2n) is 3.93. The summed E-state index contributed by atoms with van der Waals surface area (Å²) in [4.78, 5) is 13.7. The van der Waals surface area contributed by atoms with E-state index in [2.05, 4.69) is 15.9 Å². The van der Waals surface area contributed by atoms with Crippen molar-refractivity contribution in [2.24, 2.45) is 0 Å². The summed E-state index contributed by atoms with van der Waals surface area (Å²) in [6, 6.07) is 4.88. The number of hydrogen-bond acceptors (Lipinski definition) is 4. The molecule has 1 aromatic carbocycles. The van der Waals surface area contributed by atoms with E-state index >= 15 is 0 Å². The summed E-state index contributed by atoms with van der Waals surface area (Å²) in [5.41, 5.74) is 0.184. The van der Waals surface area contributed by atoms with E-state index in [-0.39, 0.29) is 23.7 Å². The fraction of sp³-hybridized carbons (Fsp3) is 0.417. The zero-order chi connectivity index (χ0) is 12.8. The van der Waals surface area contributed by atoms with Gasteiger partial charge in [0.25, 0.3) is 0 Å². The summed E-state index contributed by atoms with van der Waals surface area (Å²) in [5.74, 6) is -0.576. The number of phenols is 1. The molecule has 0 aliphatic carbocycles. The molecule has 0 saturated heterocycles. The van der Waals surface area contributed by atoms with Crippen LogP contribution in [0, 0.1) is 0 Å². The first-order valence-corrected chi connectivity index (χ1v) is 6.11. The van der Waals surface area contributed by atoms with Crippen LogP contribution in [0.25, 0.3) is 0 Å². The predicted molar refractivity (Wildman–Crippen MR) is 76.5 cm³/mol. The standard InChI is InChI=1S/C12H16BrNO3.ClH/c1-14(2)7-4-8-17-12(16)9-5-3-6-10(13)11(9)15;/h3,5-6,15H,4,7-8H2,1-2H3;1H. The molecule has 0 amide bonds. The van der Waals surface area contributed by atoms with Crippen LogP contribution in [0.1, 0.15) is 16.8 Å². The van der Waals surface area contributed by atoms with E-state index in [1.165, 1.54) is 6.07 Å². The Morgan fingerprint density at radius 3 is 2.72 bits per heavy atom. The van der Waals surface area contributed by atoms with Gasteiger partial charge in [0.15, 0.2) is 0 Å². The molecule has 1 rings (SSSR count). The largest absolute Gasteiger partial charge is 0.506 e. The predicted octanol–water partition coefficient (Wildman–Crippen LogP) is 2.69. The summed E-state index contributed by atoms with van der Waals surface area (Å²) >= 11 is 3.15. The van der Waals surface area contributed by atoms with Crippen LogP contribution < -0.4 is 0 Å². The molecule has 0 atom stereocenters. The van der Waals surface area contributed by atoms with Crippen LogP contribution in [-0.2, 0) is 4.74 Å². The Morgan fingerprint density at radius 1 is 1.44 bits per heavy atom. The highest BCUT2D eigenvalue weighted by Gasteiger charge is 2.14. The minimum Gasteiger partial charge on any atom is -0.506 e. The van der Waals surface area contributed by atoms with E-state index in [4.69, 9.17) is 4.74 Å². The van der Waals surface area contributed by atoms with Crippen molar-refractivity contribution in [2.75, 3.05) is 27.2 Å². The number of carbonyl (C=O) groups is 1. The summed E-state index contributed by atoms with van der Waals surface area (Å²) in [5, 5.41) is 9.66. The third-order valence-electron chi connectivity index (χ3n) is 2.19. The van der Waals surface area contributed by atoms with Gasteiger partial charge < -0.3 is 14.7 Å². The first kappa shape index (κ1) is 17.2. The maximum absolute atomic E-state index is 11.6. The molecular weight excluding hydrogens is 321 g/mol. The number of hydrogen-bond donors (Lipinski definition) is 1. The van der Waals surface area contributed by atoms with Crippen molar-refractivity contribution in [1.29, 1.82) is 0 Å².